The number of nitrogens with zero attached hydrogens (tertiary/aromatic N) is 1. The highest BCUT2D eigenvalue weighted by Crippen LogP contribution is 2.28. The van der Waals surface area contributed by atoms with Gasteiger partial charge in [-0.1, -0.05) is 36.4 Å². The molecule has 0 bridgehead atoms. The van der Waals surface area contributed by atoms with Gasteiger partial charge in [-0.15, -0.1) is 0 Å². The third-order valence-electron chi connectivity index (χ3n) is 4.43. The zero-order chi connectivity index (χ0) is 21.8. The molecule has 8 nitrogen and oxygen atoms in total. The highest BCUT2D eigenvalue weighted by atomic mass is 16.6. The van der Waals surface area contributed by atoms with Crippen molar-refractivity contribution in [1.82, 2.24) is 0 Å². The van der Waals surface area contributed by atoms with Crippen molar-refractivity contribution in [2.75, 3.05) is 5.32 Å². The summed E-state index contributed by atoms with van der Waals surface area (Å²) in [7, 11) is 0. The van der Waals surface area contributed by atoms with E-state index in [4.69, 9.17) is 9.15 Å². The molecule has 1 heterocycles. The number of furan rings is 1. The maximum atomic E-state index is 13.0. The Labute approximate surface area is 172 Å². The van der Waals surface area contributed by atoms with Gasteiger partial charge >= 0.3 is 5.97 Å². The van der Waals surface area contributed by atoms with Gasteiger partial charge in [0.15, 0.2) is 0 Å². The average Bonchev–Trinajstić information content (AvgIpc) is 3.05. The summed E-state index contributed by atoms with van der Waals surface area (Å²) >= 11 is 0. The number of nitro groups is 1. The van der Waals surface area contributed by atoms with Crippen LogP contribution in [-0.2, 0) is 9.53 Å². The van der Waals surface area contributed by atoms with Crippen molar-refractivity contribution in [2.24, 2.45) is 0 Å². The normalized spacial score (nSPS) is 11.6. The van der Waals surface area contributed by atoms with E-state index in [0.29, 0.717) is 22.6 Å². The molecule has 154 valence electrons. The van der Waals surface area contributed by atoms with Crippen LogP contribution in [0, 0.1) is 30.9 Å². The van der Waals surface area contributed by atoms with Crippen LogP contribution in [0.15, 0.2) is 59.0 Å². The van der Waals surface area contributed by atoms with Gasteiger partial charge in [0.05, 0.1) is 4.92 Å². The second kappa shape index (κ2) is 8.60. The molecule has 8 heteroatoms. The van der Waals surface area contributed by atoms with Crippen LogP contribution in [0.1, 0.15) is 39.1 Å². The third-order valence-corrected chi connectivity index (χ3v) is 4.43. The first-order chi connectivity index (χ1) is 14.3. The molecule has 0 radical (unpaired) electrons. The number of aryl methyl sites for hydroxylation is 3. The number of esters is 1. The van der Waals surface area contributed by atoms with Gasteiger partial charge in [0.2, 0.25) is 6.10 Å². The Morgan fingerprint density at radius 1 is 1.07 bits per heavy atom. The molecule has 30 heavy (non-hydrogen) atoms. The number of hydrogen-bond acceptors (Lipinski definition) is 6. The smallest absolute Gasteiger partial charge is 0.342 e. The lowest BCUT2D eigenvalue weighted by atomic mass is 10.1. The van der Waals surface area contributed by atoms with Gasteiger partial charge in [0.25, 0.3) is 11.6 Å². The molecule has 0 fully saturated rings. The summed E-state index contributed by atoms with van der Waals surface area (Å²) in [6.07, 6.45) is -1.31. The minimum absolute atomic E-state index is 0.0166. The number of anilines is 1. The summed E-state index contributed by atoms with van der Waals surface area (Å²) in [4.78, 5) is 36.4. The lowest BCUT2D eigenvalue weighted by Gasteiger charge is -2.18. The zero-order valence-electron chi connectivity index (χ0n) is 16.7. The van der Waals surface area contributed by atoms with Gasteiger partial charge in [-0.2, -0.15) is 0 Å². The molecule has 1 N–H and O–H groups in total. The SMILES string of the molecule is Cc1ccc(NC(=O)C(OC(=O)c2cc(C)oc2C)c2ccccc2)c([N+](=O)[O-])c1. The number of carbonyl (C=O) groups excluding carboxylic acids is 2. The van der Waals surface area contributed by atoms with Crippen LogP contribution in [-0.4, -0.2) is 16.8 Å². The monoisotopic (exact) mass is 408 g/mol. The fraction of sp³-hybridized carbons (Fsp3) is 0.182. The third kappa shape index (κ3) is 4.54. The van der Waals surface area contributed by atoms with Gasteiger partial charge in [0.1, 0.15) is 22.8 Å². The minimum atomic E-state index is -1.31. The molecule has 3 aromatic rings. The summed E-state index contributed by atoms with van der Waals surface area (Å²) in [5.41, 5.74) is 1.08. The first kappa shape index (κ1) is 20.8. The highest BCUT2D eigenvalue weighted by molar-refractivity contribution is 5.99. The molecule has 0 aliphatic rings. The van der Waals surface area contributed by atoms with Crippen molar-refractivity contribution in [1.29, 1.82) is 0 Å². The van der Waals surface area contributed by atoms with E-state index in [9.17, 15) is 19.7 Å². The summed E-state index contributed by atoms with van der Waals surface area (Å²) in [6.45, 7) is 5.03. The van der Waals surface area contributed by atoms with Gasteiger partial charge in [-0.05, 0) is 38.5 Å². The second-order valence-corrected chi connectivity index (χ2v) is 6.79. The summed E-state index contributed by atoms with van der Waals surface area (Å²) in [5.74, 6) is -0.527. The number of nitro benzene ring substituents is 1. The van der Waals surface area contributed by atoms with Crippen LogP contribution >= 0.6 is 0 Å². The van der Waals surface area contributed by atoms with E-state index in [0.717, 1.165) is 0 Å². The van der Waals surface area contributed by atoms with Crippen LogP contribution in [0.25, 0.3) is 0 Å². The van der Waals surface area contributed by atoms with Crippen LogP contribution in [0.4, 0.5) is 11.4 Å². The Morgan fingerprint density at radius 2 is 1.77 bits per heavy atom. The van der Waals surface area contributed by atoms with Crippen LogP contribution in [0.5, 0.6) is 0 Å². The number of hydrogen-bond donors (Lipinski definition) is 1. The molecule has 1 amide bonds. The van der Waals surface area contributed by atoms with Gasteiger partial charge in [-0.3, -0.25) is 14.9 Å². The van der Waals surface area contributed by atoms with Crippen molar-refractivity contribution in [3.63, 3.8) is 0 Å². The van der Waals surface area contributed by atoms with Crippen molar-refractivity contribution in [3.8, 4) is 0 Å². The molecule has 0 spiro atoms. The van der Waals surface area contributed by atoms with Crippen molar-refractivity contribution in [3.05, 3.63) is 92.9 Å². The van der Waals surface area contributed by atoms with Crippen molar-refractivity contribution in [2.45, 2.75) is 26.9 Å². The quantitative estimate of drug-likeness (QED) is 0.361. The van der Waals surface area contributed by atoms with Gasteiger partial charge < -0.3 is 14.5 Å². The van der Waals surface area contributed by atoms with E-state index in [-0.39, 0.29) is 16.9 Å². The number of carbonyl (C=O) groups is 2. The fourth-order valence-corrected chi connectivity index (χ4v) is 3.00. The fourth-order valence-electron chi connectivity index (χ4n) is 3.00. The minimum Gasteiger partial charge on any atom is -0.466 e. The van der Waals surface area contributed by atoms with Crippen molar-refractivity contribution >= 4 is 23.3 Å². The number of nitrogens with one attached hydrogen (secondary N) is 1. The van der Waals surface area contributed by atoms with Crippen molar-refractivity contribution < 1.29 is 23.7 Å². The van der Waals surface area contributed by atoms with Gasteiger partial charge in [-0.25, -0.2) is 4.79 Å². The molecule has 0 saturated carbocycles. The van der Waals surface area contributed by atoms with Crippen LogP contribution in [0.3, 0.4) is 0 Å². The summed E-state index contributed by atoms with van der Waals surface area (Å²) in [5, 5.41) is 13.9. The number of benzene rings is 2. The lowest BCUT2D eigenvalue weighted by molar-refractivity contribution is -0.384. The zero-order valence-corrected chi connectivity index (χ0v) is 16.7. The largest absolute Gasteiger partial charge is 0.466 e. The number of ether oxygens (including phenoxy) is 1. The Bertz CT molecular complexity index is 1100. The number of amides is 1. The number of rotatable bonds is 6. The lowest BCUT2D eigenvalue weighted by Crippen LogP contribution is -2.26. The maximum Gasteiger partial charge on any atom is 0.342 e. The molecular formula is C22H20N2O6. The first-order valence-corrected chi connectivity index (χ1v) is 9.15. The highest BCUT2D eigenvalue weighted by Gasteiger charge is 2.29. The van der Waals surface area contributed by atoms with E-state index >= 15 is 0 Å². The predicted octanol–water partition coefficient (Wildman–Crippen LogP) is 4.65. The van der Waals surface area contributed by atoms with E-state index in [2.05, 4.69) is 5.32 Å². The van der Waals surface area contributed by atoms with Crippen LogP contribution < -0.4 is 5.32 Å². The summed E-state index contributed by atoms with van der Waals surface area (Å²) < 4.78 is 10.8. The van der Waals surface area contributed by atoms with E-state index in [1.807, 2.05) is 0 Å². The average molecular weight is 408 g/mol. The first-order valence-electron chi connectivity index (χ1n) is 9.15. The topological polar surface area (TPSA) is 112 Å². The molecule has 0 aliphatic heterocycles. The second-order valence-electron chi connectivity index (χ2n) is 6.79. The Kier molecular flexibility index (Phi) is 5.96. The molecule has 1 aromatic heterocycles. The molecule has 3 rings (SSSR count). The summed E-state index contributed by atoms with van der Waals surface area (Å²) in [6, 6.07) is 14.4. The van der Waals surface area contributed by atoms with E-state index < -0.39 is 22.9 Å². The Balaban J connectivity index is 1.92. The molecule has 0 aliphatic carbocycles. The van der Waals surface area contributed by atoms with E-state index in [1.165, 1.54) is 18.2 Å². The molecule has 1 atom stereocenters. The molecule has 1 unspecified atom stereocenters. The predicted molar refractivity (Wildman–Crippen MR) is 109 cm³/mol. The van der Waals surface area contributed by atoms with Gasteiger partial charge in [0, 0.05) is 11.6 Å². The Morgan fingerprint density at radius 3 is 2.37 bits per heavy atom. The Hall–Kier alpha value is -3.94. The molecular weight excluding hydrogens is 388 g/mol. The van der Waals surface area contributed by atoms with E-state index in [1.54, 1.807) is 57.2 Å². The van der Waals surface area contributed by atoms with Crippen LogP contribution in [0.2, 0.25) is 0 Å². The maximum absolute atomic E-state index is 13.0. The molecule has 0 saturated heterocycles. The standard InChI is InChI=1S/C22H20N2O6/c1-13-9-10-18(19(11-13)24(27)28)23-21(25)20(16-7-5-4-6-8-16)30-22(26)17-12-14(2)29-15(17)3/h4-12,20H,1-3H3,(H,23,25). The molecule has 2 aromatic carbocycles.